The Labute approximate surface area is 108 Å². The number of anilines is 1. The van der Waals surface area contributed by atoms with Gasteiger partial charge >= 0.3 is 0 Å². The summed E-state index contributed by atoms with van der Waals surface area (Å²) in [6, 6.07) is 9.96. The van der Waals surface area contributed by atoms with Crippen molar-refractivity contribution in [2.45, 2.75) is 6.61 Å². The zero-order valence-corrected chi connectivity index (χ0v) is 9.86. The normalized spacial score (nSPS) is 9.95. The molecule has 0 amide bonds. The molecule has 19 heavy (non-hydrogen) atoms. The number of benzene rings is 2. The zero-order valence-electron chi connectivity index (χ0n) is 9.86. The molecule has 96 valence electrons. The summed E-state index contributed by atoms with van der Waals surface area (Å²) in [7, 11) is 0. The van der Waals surface area contributed by atoms with Crippen LogP contribution >= 0.6 is 0 Å². The molecule has 0 saturated carbocycles. The highest BCUT2D eigenvalue weighted by molar-refractivity contribution is 5.41. The number of rotatable bonds is 3. The van der Waals surface area contributed by atoms with Crippen LogP contribution in [-0.4, -0.2) is 0 Å². The van der Waals surface area contributed by atoms with Gasteiger partial charge in [-0.1, -0.05) is 6.07 Å². The molecule has 2 aromatic carbocycles. The molecular formula is C14H10F2N2O. The van der Waals surface area contributed by atoms with Crippen LogP contribution in [0.25, 0.3) is 0 Å². The monoisotopic (exact) mass is 260 g/mol. The predicted molar refractivity (Wildman–Crippen MR) is 66.3 cm³/mol. The summed E-state index contributed by atoms with van der Waals surface area (Å²) < 4.78 is 31.8. The van der Waals surface area contributed by atoms with Crippen LogP contribution in [-0.2, 0) is 6.61 Å². The van der Waals surface area contributed by atoms with Gasteiger partial charge in [0.25, 0.3) is 0 Å². The lowest BCUT2D eigenvalue weighted by molar-refractivity contribution is 0.304. The highest BCUT2D eigenvalue weighted by Crippen LogP contribution is 2.18. The highest BCUT2D eigenvalue weighted by atomic mass is 19.1. The van der Waals surface area contributed by atoms with Crippen molar-refractivity contribution in [3.63, 3.8) is 0 Å². The minimum Gasteiger partial charge on any atom is -0.489 e. The molecule has 0 aliphatic heterocycles. The van der Waals surface area contributed by atoms with E-state index in [0.717, 1.165) is 6.07 Å². The maximum Gasteiger partial charge on any atom is 0.146 e. The molecule has 3 nitrogen and oxygen atoms in total. The molecule has 0 bridgehead atoms. The van der Waals surface area contributed by atoms with E-state index in [4.69, 9.17) is 15.7 Å². The molecule has 0 fully saturated rings. The van der Waals surface area contributed by atoms with Crippen LogP contribution in [0.1, 0.15) is 11.1 Å². The summed E-state index contributed by atoms with van der Waals surface area (Å²) in [6.45, 7) is 0.0859. The minimum atomic E-state index is -0.650. The third-order valence-corrected chi connectivity index (χ3v) is 2.53. The van der Waals surface area contributed by atoms with Gasteiger partial charge in [-0.3, -0.25) is 0 Å². The first kappa shape index (κ1) is 12.8. The molecule has 2 aromatic rings. The van der Waals surface area contributed by atoms with Gasteiger partial charge in [-0.25, -0.2) is 8.78 Å². The third-order valence-electron chi connectivity index (χ3n) is 2.53. The lowest BCUT2D eigenvalue weighted by atomic mass is 10.2. The quantitative estimate of drug-likeness (QED) is 0.863. The number of nitrogens with two attached hydrogens (primary N) is 1. The Hall–Kier alpha value is -2.61. The Balaban J connectivity index is 2.08. The Morgan fingerprint density at radius 3 is 2.53 bits per heavy atom. The average molecular weight is 260 g/mol. The van der Waals surface area contributed by atoms with E-state index in [9.17, 15) is 8.78 Å². The maximum atomic E-state index is 13.3. The van der Waals surface area contributed by atoms with Crippen molar-refractivity contribution >= 4 is 5.69 Å². The maximum absolute atomic E-state index is 13.3. The van der Waals surface area contributed by atoms with Crippen LogP contribution in [0.5, 0.6) is 5.75 Å². The molecule has 0 aliphatic carbocycles. The van der Waals surface area contributed by atoms with E-state index in [0.29, 0.717) is 5.56 Å². The van der Waals surface area contributed by atoms with Crippen LogP contribution in [0, 0.1) is 23.0 Å². The van der Waals surface area contributed by atoms with Crippen LogP contribution in [0.15, 0.2) is 36.4 Å². The number of hydrogen-bond acceptors (Lipinski definition) is 3. The van der Waals surface area contributed by atoms with Gasteiger partial charge in [0, 0.05) is 6.07 Å². The SMILES string of the molecule is N#Cc1ccc(OCc2ccc(N)c(F)c2)cc1F. The lowest BCUT2D eigenvalue weighted by Gasteiger charge is -2.07. The lowest BCUT2D eigenvalue weighted by Crippen LogP contribution is -1.98. The number of hydrogen-bond donors (Lipinski definition) is 1. The first-order valence-corrected chi connectivity index (χ1v) is 5.46. The number of halogens is 2. The van der Waals surface area contributed by atoms with E-state index in [1.807, 2.05) is 0 Å². The molecule has 0 heterocycles. The summed E-state index contributed by atoms with van der Waals surface area (Å²) in [5.74, 6) is -0.899. The van der Waals surface area contributed by atoms with Gasteiger partial charge in [-0.15, -0.1) is 0 Å². The number of nitriles is 1. The van der Waals surface area contributed by atoms with Crippen molar-refractivity contribution in [3.8, 4) is 11.8 Å². The molecule has 0 unspecified atom stereocenters. The van der Waals surface area contributed by atoms with E-state index in [1.165, 1.54) is 24.3 Å². The molecule has 0 radical (unpaired) electrons. The highest BCUT2D eigenvalue weighted by Gasteiger charge is 2.05. The fraction of sp³-hybridized carbons (Fsp3) is 0.0714. The van der Waals surface area contributed by atoms with Gasteiger partial charge < -0.3 is 10.5 Å². The first-order valence-electron chi connectivity index (χ1n) is 5.46. The summed E-state index contributed by atoms with van der Waals surface area (Å²) in [5, 5.41) is 8.59. The van der Waals surface area contributed by atoms with Gasteiger partial charge in [0.2, 0.25) is 0 Å². The summed E-state index contributed by atoms with van der Waals surface area (Å²) >= 11 is 0. The zero-order chi connectivity index (χ0) is 13.8. The van der Waals surface area contributed by atoms with Crippen LogP contribution < -0.4 is 10.5 Å². The number of ether oxygens (including phenoxy) is 1. The predicted octanol–water partition coefficient (Wildman–Crippen LogP) is 3.00. The first-order chi connectivity index (χ1) is 9.10. The van der Waals surface area contributed by atoms with Crippen LogP contribution in [0.2, 0.25) is 0 Å². The third kappa shape index (κ3) is 2.99. The van der Waals surface area contributed by atoms with E-state index in [-0.39, 0.29) is 23.6 Å². The minimum absolute atomic E-state index is 0.0501. The van der Waals surface area contributed by atoms with Crippen LogP contribution in [0.4, 0.5) is 14.5 Å². The molecule has 0 atom stereocenters. The van der Waals surface area contributed by atoms with Crippen molar-refractivity contribution in [1.82, 2.24) is 0 Å². The van der Waals surface area contributed by atoms with E-state index >= 15 is 0 Å². The Morgan fingerprint density at radius 2 is 1.89 bits per heavy atom. The molecule has 0 aliphatic rings. The Morgan fingerprint density at radius 1 is 1.11 bits per heavy atom. The molecule has 0 spiro atoms. The summed E-state index contributed by atoms with van der Waals surface area (Å²) in [5.41, 5.74) is 5.94. The molecule has 0 saturated heterocycles. The fourth-order valence-electron chi connectivity index (χ4n) is 1.50. The van der Waals surface area contributed by atoms with Crippen molar-refractivity contribution in [2.75, 3.05) is 5.73 Å². The second kappa shape index (κ2) is 5.36. The van der Waals surface area contributed by atoms with E-state index in [1.54, 1.807) is 12.1 Å². The topological polar surface area (TPSA) is 59.0 Å². The van der Waals surface area contributed by atoms with Gasteiger partial charge in [-0.2, -0.15) is 5.26 Å². The standard InChI is InChI=1S/C14H10F2N2O/c15-12-6-11(3-2-10(12)7-17)19-8-9-1-4-14(18)13(16)5-9/h1-6H,8,18H2. The van der Waals surface area contributed by atoms with Crippen molar-refractivity contribution in [1.29, 1.82) is 5.26 Å². The van der Waals surface area contributed by atoms with Crippen LogP contribution in [0.3, 0.4) is 0 Å². The average Bonchev–Trinajstić information content (AvgIpc) is 2.40. The number of nitrogens with zero attached hydrogens (tertiary/aromatic N) is 1. The van der Waals surface area contributed by atoms with Gasteiger partial charge in [-0.05, 0) is 29.8 Å². The fourth-order valence-corrected chi connectivity index (χ4v) is 1.50. The van der Waals surface area contributed by atoms with Gasteiger partial charge in [0.1, 0.15) is 30.1 Å². The molecular weight excluding hydrogens is 250 g/mol. The Bertz CT molecular complexity index is 650. The second-order valence-corrected chi connectivity index (χ2v) is 3.90. The number of nitrogen functional groups attached to an aromatic ring is 1. The molecule has 2 rings (SSSR count). The van der Waals surface area contributed by atoms with E-state index in [2.05, 4.69) is 0 Å². The van der Waals surface area contributed by atoms with Gasteiger partial charge in [0.15, 0.2) is 0 Å². The summed E-state index contributed by atoms with van der Waals surface area (Å²) in [4.78, 5) is 0. The molecule has 5 heteroatoms. The smallest absolute Gasteiger partial charge is 0.146 e. The van der Waals surface area contributed by atoms with Crippen molar-refractivity contribution < 1.29 is 13.5 Å². The molecule has 0 aromatic heterocycles. The van der Waals surface area contributed by atoms with Gasteiger partial charge in [0.05, 0.1) is 11.3 Å². The summed E-state index contributed by atoms with van der Waals surface area (Å²) in [6.07, 6.45) is 0. The second-order valence-electron chi connectivity index (χ2n) is 3.90. The van der Waals surface area contributed by atoms with E-state index < -0.39 is 11.6 Å². The Kier molecular flexibility index (Phi) is 3.62. The molecule has 2 N–H and O–H groups in total. The largest absolute Gasteiger partial charge is 0.489 e. The van der Waals surface area contributed by atoms with Crippen molar-refractivity contribution in [2.24, 2.45) is 0 Å². The van der Waals surface area contributed by atoms with Crippen molar-refractivity contribution in [3.05, 3.63) is 59.2 Å².